The van der Waals surface area contributed by atoms with E-state index in [1.54, 1.807) is 30.9 Å². The molecule has 0 radical (unpaired) electrons. The van der Waals surface area contributed by atoms with Crippen molar-refractivity contribution in [2.24, 2.45) is 0 Å². The summed E-state index contributed by atoms with van der Waals surface area (Å²) in [6, 6.07) is 13.0. The van der Waals surface area contributed by atoms with E-state index in [9.17, 15) is 15.2 Å². The summed E-state index contributed by atoms with van der Waals surface area (Å²) in [5.41, 5.74) is 3.86. The number of aryl methyl sites for hydroxylation is 2. The summed E-state index contributed by atoms with van der Waals surface area (Å²) in [4.78, 5) is 24.9. The third-order valence-electron chi connectivity index (χ3n) is 5.77. The number of nitrogens with zero attached hydrogens (tertiary/aromatic N) is 4. The second kappa shape index (κ2) is 9.50. The predicted octanol–water partition coefficient (Wildman–Crippen LogP) is 3.94. The third kappa shape index (κ3) is 5.25. The Morgan fingerprint density at radius 1 is 1.24 bits per heavy atom. The van der Waals surface area contributed by atoms with Crippen LogP contribution in [0.25, 0.3) is 21.7 Å². The fourth-order valence-corrected chi connectivity index (χ4v) is 5.01. The third-order valence-corrected chi connectivity index (χ3v) is 6.79. The molecule has 0 spiro atoms. The number of carbonyl (C=O) groups excluding carboxylic acids is 1. The molecule has 2 aromatic heterocycles. The van der Waals surface area contributed by atoms with Crippen LogP contribution >= 0.6 is 11.3 Å². The highest BCUT2D eigenvalue weighted by Gasteiger charge is 2.33. The predicted molar refractivity (Wildman–Crippen MR) is 134 cm³/mol. The minimum Gasteiger partial charge on any atom is -0.389 e. The van der Waals surface area contributed by atoms with Crippen molar-refractivity contribution in [3.63, 3.8) is 0 Å². The zero-order valence-corrected chi connectivity index (χ0v) is 20.5. The topological polar surface area (TPSA) is 114 Å². The Balaban J connectivity index is 1.68. The second-order valence-electron chi connectivity index (χ2n) is 9.06. The van der Waals surface area contributed by atoms with Gasteiger partial charge in [-0.25, -0.2) is 9.78 Å². The molecule has 3 aromatic rings. The van der Waals surface area contributed by atoms with Crippen LogP contribution in [0.5, 0.6) is 0 Å². The summed E-state index contributed by atoms with van der Waals surface area (Å²) >= 11 is 1.39. The number of aliphatic hydroxyl groups is 1. The first-order valence-corrected chi connectivity index (χ1v) is 11.9. The molecule has 1 atom stereocenters. The summed E-state index contributed by atoms with van der Waals surface area (Å²) in [5.74, 6) is 0. The van der Waals surface area contributed by atoms with Gasteiger partial charge in [-0.2, -0.15) is 5.26 Å². The molecule has 3 heterocycles. The number of hydrogen-bond acceptors (Lipinski definition) is 7. The normalized spacial score (nSPS) is 16.2. The second-order valence-corrected chi connectivity index (χ2v) is 10.1. The molecule has 2 amide bonds. The van der Waals surface area contributed by atoms with Crippen molar-refractivity contribution >= 4 is 22.5 Å². The Morgan fingerprint density at radius 3 is 2.65 bits per heavy atom. The zero-order chi connectivity index (χ0) is 24.5. The molecule has 1 fully saturated rings. The molecule has 176 valence electrons. The number of aromatic nitrogens is 2. The van der Waals surface area contributed by atoms with E-state index in [-0.39, 0.29) is 12.1 Å². The molecular weight excluding hydrogens is 448 g/mol. The van der Waals surface area contributed by atoms with Crippen LogP contribution in [0.15, 0.2) is 36.4 Å². The molecule has 1 aromatic carbocycles. The Morgan fingerprint density at radius 2 is 1.97 bits per heavy atom. The molecule has 8 nitrogen and oxygen atoms in total. The van der Waals surface area contributed by atoms with Crippen LogP contribution in [0, 0.1) is 25.2 Å². The van der Waals surface area contributed by atoms with E-state index in [1.165, 1.54) is 11.3 Å². The van der Waals surface area contributed by atoms with E-state index in [2.05, 4.69) is 21.7 Å². The van der Waals surface area contributed by atoms with Gasteiger partial charge in [-0.3, -0.25) is 10.3 Å². The largest absolute Gasteiger partial charge is 0.389 e. The van der Waals surface area contributed by atoms with E-state index in [4.69, 9.17) is 4.98 Å². The minimum atomic E-state index is -0.941. The number of nitriles is 1. The molecule has 34 heavy (non-hydrogen) atoms. The van der Waals surface area contributed by atoms with Crippen molar-refractivity contribution in [3.8, 4) is 27.8 Å². The van der Waals surface area contributed by atoms with E-state index >= 15 is 0 Å². The van der Waals surface area contributed by atoms with Gasteiger partial charge in [0.15, 0.2) is 5.13 Å². The van der Waals surface area contributed by atoms with E-state index in [1.807, 2.05) is 38.1 Å². The Labute approximate surface area is 203 Å². The number of nitrogens with one attached hydrogen (secondary N) is 2. The molecule has 1 aliphatic rings. The van der Waals surface area contributed by atoms with Crippen LogP contribution in [0.4, 0.5) is 9.93 Å². The average Bonchev–Trinajstić information content (AvgIpc) is 3.22. The van der Waals surface area contributed by atoms with Crippen molar-refractivity contribution in [1.82, 2.24) is 20.2 Å². The highest BCUT2D eigenvalue weighted by molar-refractivity contribution is 7.19. The molecule has 9 heteroatoms. The number of pyridine rings is 1. The van der Waals surface area contributed by atoms with Gasteiger partial charge in [0.2, 0.25) is 0 Å². The Bertz CT molecular complexity index is 1240. The van der Waals surface area contributed by atoms with Crippen LogP contribution in [-0.4, -0.2) is 57.3 Å². The standard InChI is InChI=1S/C25H28N6O2S/c1-15-10-19(11-16(2)28-15)22-21(18-7-5-6-17(12-18)13-26)29-23(34-22)30-24(32)31-9-8-27-20(14-31)25(3,4)33/h5-7,10-12,20,27,33H,8-9,14H2,1-4H3,(H,29,30,32)/t20-/m0/s1. The number of thiazole rings is 1. The lowest BCUT2D eigenvalue weighted by molar-refractivity contribution is 0.0174. The summed E-state index contributed by atoms with van der Waals surface area (Å²) in [6.45, 7) is 8.90. The van der Waals surface area contributed by atoms with Crippen molar-refractivity contribution < 1.29 is 9.90 Å². The molecule has 0 unspecified atom stereocenters. The van der Waals surface area contributed by atoms with Crippen molar-refractivity contribution in [2.45, 2.75) is 39.3 Å². The molecule has 4 rings (SSSR count). The van der Waals surface area contributed by atoms with Gasteiger partial charge in [-0.05, 0) is 57.5 Å². The lowest BCUT2D eigenvalue weighted by Gasteiger charge is -2.39. The van der Waals surface area contributed by atoms with Crippen LogP contribution in [0.3, 0.4) is 0 Å². The number of rotatable bonds is 4. The first kappa shape index (κ1) is 23.8. The molecule has 0 bridgehead atoms. The van der Waals surface area contributed by atoms with Crippen LogP contribution in [0.1, 0.15) is 30.8 Å². The van der Waals surface area contributed by atoms with E-state index in [0.29, 0.717) is 36.0 Å². The van der Waals surface area contributed by atoms with Gasteiger partial charge in [-0.15, -0.1) is 0 Å². The van der Waals surface area contributed by atoms with Crippen molar-refractivity contribution in [3.05, 3.63) is 53.3 Å². The van der Waals surface area contributed by atoms with Gasteiger partial charge in [-0.1, -0.05) is 23.5 Å². The number of piperazine rings is 1. The molecule has 3 N–H and O–H groups in total. The molecule has 0 aliphatic carbocycles. The average molecular weight is 477 g/mol. The van der Waals surface area contributed by atoms with Crippen LogP contribution < -0.4 is 10.6 Å². The van der Waals surface area contributed by atoms with Crippen molar-refractivity contribution in [1.29, 1.82) is 5.26 Å². The summed E-state index contributed by atoms with van der Waals surface area (Å²) in [5, 5.41) is 26.4. The first-order valence-electron chi connectivity index (χ1n) is 11.1. The molecule has 1 aliphatic heterocycles. The number of amides is 2. The number of benzene rings is 1. The Kier molecular flexibility index (Phi) is 6.66. The monoisotopic (exact) mass is 476 g/mol. The summed E-state index contributed by atoms with van der Waals surface area (Å²) < 4.78 is 0. The number of hydrogen-bond donors (Lipinski definition) is 3. The van der Waals surface area contributed by atoms with Crippen molar-refractivity contribution in [2.75, 3.05) is 25.0 Å². The van der Waals surface area contributed by atoms with Gasteiger partial charge in [0.05, 0.1) is 33.8 Å². The molecular formula is C25H28N6O2S. The highest BCUT2D eigenvalue weighted by atomic mass is 32.1. The lowest BCUT2D eigenvalue weighted by atomic mass is 9.97. The van der Waals surface area contributed by atoms with Crippen LogP contribution in [0.2, 0.25) is 0 Å². The summed E-state index contributed by atoms with van der Waals surface area (Å²) in [6.07, 6.45) is 0. The van der Waals surface area contributed by atoms with E-state index < -0.39 is 5.60 Å². The maximum Gasteiger partial charge on any atom is 0.323 e. The molecule has 0 saturated carbocycles. The first-order chi connectivity index (χ1) is 16.1. The number of anilines is 1. The van der Waals surface area contributed by atoms with Gasteiger partial charge in [0.25, 0.3) is 0 Å². The van der Waals surface area contributed by atoms with Gasteiger partial charge in [0, 0.05) is 36.6 Å². The number of urea groups is 1. The Hall–Kier alpha value is -3.32. The van der Waals surface area contributed by atoms with Gasteiger partial charge >= 0.3 is 6.03 Å². The fourth-order valence-electron chi connectivity index (χ4n) is 4.04. The number of carbonyl (C=O) groups is 1. The maximum absolute atomic E-state index is 13.1. The molecule has 1 saturated heterocycles. The zero-order valence-electron chi connectivity index (χ0n) is 19.7. The minimum absolute atomic E-state index is 0.217. The lowest BCUT2D eigenvalue weighted by Crippen LogP contribution is -2.60. The fraction of sp³-hybridized carbons (Fsp3) is 0.360. The van der Waals surface area contributed by atoms with Gasteiger partial charge in [0.1, 0.15) is 0 Å². The highest BCUT2D eigenvalue weighted by Crippen LogP contribution is 2.39. The van der Waals surface area contributed by atoms with Gasteiger partial charge < -0.3 is 15.3 Å². The van der Waals surface area contributed by atoms with Crippen LogP contribution in [-0.2, 0) is 0 Å². The van der Waals surface area contributed by atoms with E-state index in [0.717, 1.165) is 27.4 Å². The quantitative estimate of drug-likeness (QED) is 0.526. The smallest absolute Gasteiger partial charge is 0.323 e. The summed E-state index contributed by atoms with van der Waals surface area (Å²) in [7, 11) is 0. The SMILES string of the molecule is Cc1cc(-c2sc(NC(=O)N3CCN[C@H](C(C)(C)O)C3)nc2-c2cccc(C#N)c2)cc(C)n1. The maximum atomic E-state index is 13.1.